The minimum atomic E-state index is 0.305. The number of rotatable bonds is 4. The van der Waals surface area contributed by atoms with Gasteiger partial charge in [-0.2, -0.15) is 0 Å². The highest BCUT2D eigenvalue weighted by Gasteiger charge is 2.25. The third-order valence-corrected chi connectivity index (χ3v) is 2.82. The molecule has 0 N–H and O–H groups in total. The lowest BCUT2D eigenvalue weighted by molar-refractivity contribution is -0.122. The molecule has 2 fully saturated rings. The van der Waals surface area contributed by atoms with Crippen LogP contribution in [0.15, 0.2) is 0 Å². The van der Waals surface area contributed by atoms with Crippen LogP contribution in [0.4, 0.5) is 0 Å². The summed E-state index contributed by atoms with van der Waals surface area (Å²) in [6.07, 6.45) is 6.13. The minimum absolute atomic E-state index is 0.305. The van der Waals surface area contributed by atoms with Gasteiger partial charge in [0.15, 0.2) is 0 Å². The summed E-state index contributed by atoms with van der Waals surface area (Å²) in [5.41, 5.74) is 0. The molecular formula is C12H23NO2. The van der Waals surface area contributed by atoms with Crippen molar-refractivity contribution in [1.29, 1.82) is 0 Å². The highest BCUT2D eigenvalue weighted by atomic mass is 16.5. The molecule has 1 amide bonds. The number of carbonyl (C=O) groups is 1. The van der Waals surface area contributed by atoms with Crippen molar-refractivity contribution < 1.29 is 9.53 Å². The van der Waals surface area contributed by atoms with Crippen LogP contribution in [0.25, 0.3) is 0 Å². The Kier molecular flexibility index (Phi) is 5.69. The van der Waals surface area contributed by atoms with E-state index >= 15 is 0 Å². The van der Waals surface area contributed by atoms with Gasteiger partial charge in [-0.1, -0.05) is 13.8 Å². The molecule has 2 rings (SSSR count). The molecule has 2 aliphatic rings. The Morgan fingerprint density at radius 3 is 2.67 bits per heavy atom. The Labute approximate surface area is 92.8 Å². The summed E-state index contributed by atoms with van der Waals surface area (Å²) in [6.45, 7) is 6.63. The maximum atomic E-state index is 10.5. The molecule has 1 unspecified atom stereocenters. The normalized spacial score (nSPS) is 25.5. The topological polar surface area (TPSA) is 29.5 Å². The van der Waals surface area contributed by atoms with Crippen LogP contribution < -0.4 is 0 Å². The number of piperidine rings is 1. The zero-order valence-electron chi connectivity index (χ0n) is 9.95. The van der Waals surface area contributed by atoms with E-state index in [0.29, 0.717) is 6.10 Å². The third-order valence-electron chi connectivity index (χ3n) is 2.82. The number of likely N-dealkylation sites (tertiary alicyclic amines) is 1. The molecule has 88 valence electrons. The predicted molar refractivity (Wildman–Crippen MR) is 60.7 cm³/mol. The molecule has 1 heterocycles. The van der Waals surface area contributed by atoms with Gasteiger partial charge in [0, 0.05) is 19.7 Å². The summed E-state index contributed by atoms with van der Waals surface area (Å²) in [7, 11) is 0. The Balaban J connectivity index is 0.000000531. The second kappa shape index (κ2) is 6.83. The van der Waals surface area contributed by atoms with E-state index in [1.165, 1.54) is 12.8 Å². The number of hydrogen-bond acceptors (Lipinski definition) is 2. The molecule has 3 heteroatoms. The second-order valence-corrected chi connectivity index (χ2v) is 4.14. The van der Waals surface area contributed by atoms with E-state index in [4.69, 9.17) is 4.74 Å². The highest BCUT2D eigenvalue weighted by molar-refractivity contribution is 5.47. The van der Waals surface area contributed by atoms with Crippen LogP contribution in [0.2, 0.25) is 0 Å². The Bertz CT molecular complexity index is 180. The second-order valence-electron chi connectivity index (χ2n) is 4.14. The molecule has 0 aromatic carbocycles. The van der Waals surface area contributed by atoms with Gasteiger partial charge < -0.3 is 9.64 Å². The van der Waals surface area contributed by atoms with Crippen LogP contribution in [0, 0.1) is 5.92 Å². The van der Waals surface area contributed by atoms with Crippen molar-refractivity contribution >= 4 is 6.41 Å². The maximum absolute atomic E-state index is 10.5. The Hall–Kier alpha value is -0.570. The first kappa shape index (κ1) is 12.5. The molecule has 0 aromatic rings. The zero-order valence-corrected chi connectivity index (χ0v) is 9.95. The van der Waals surface area contributed by atoms with E-state index in [1.807, 2.05) is 18.7 Å². The Morgan fingerprint density at radius 1 is 1.33 bits per heavy atom. The van der Waals surface area contributed by atoms with Gasteiger partial charge >= 0.3 is 0 Å². The van der Waals surface area contributed by atoms with Gasteiger partial charge in [0.05, 0.1) is 6.10 Å². The van der Waals surface area contributed by atoms with Crippen LogP contribution in [0.3, 0.4) is 0 Å². The van der Waals surface area contributed by atoms with E-state index in [0.717, 1.165) is 44.9 Å². The Morgan fingerprint density at radius 2 is 2.07 bits per heavy atom. The van der Waals surface area contributed by atoms with Crippen molar-refractivity contribution in [1.82, 2.24) is 4.90 Å². The van der Waals surface area contributed by atoms with E-state index in [-0.39, 0.29) is 0 Å². The van der Waals surface area contributed by atoms with Crippen LogP contribution in [-0.4, -0.2) is 37.1 Å². The number of hydrogen-bond donors (Lipinski definition) is 0. The molecule has 1 saturated carbocycles. The molecular weight excluding hydrogens is 190 g/mol. The highest BCUT2D eigenvalue weighted by Crippen LogP contribution is 2.29. The first-order chi connectivity index (χ1) is 7.38. The maximum Gasteiger partial charge on any atom is 0.209 e. The third kappa shape index (κ3) is 4.65. The van der Waals surface area contributed by atoms with E-state index in [1.54, 1.807) is 0 Å². The van der Waals surface area contributed by atoms with Crippen LogP contribution in [0.1, 0.15) is 39.5 Å². The lowest BCUT2D eigenvalue weighted by atomic mass is 10.1. The lowest BCUT2D eigenvalue weighted by Crippen LogP contribution is -2.38. The van der Waals surface area contributed by atoms with Crippen molar-refractivity contribution in [3.8, 4) is 0 Å². The van der Waals surface area contributed by atoms with Gasteiger partial charge in [-0.25, -0.2) is 0 Å². The zero-order chi connectivity index (χ0) is 11.1. The average Bonchev–Trinajstić information content (AvgIpc) is 3.13. The molecule has 3 nitrogen and oxygen atoms in total. The van der Waals surface area contributed by atoms with E-state index in [2.05, 4.69) is 0 Å². The molecule has 15 heavy (non-hydrogen) atoms. The molecule has 1 atom stereocenters. The lowest BCUT2D eigenvalue weighted by Gasteiger charge is -2.29. The summed E-state index contributed by atoms with van der Waals surface area (Å²) < 4.78 is 5.74. The van der Waals surface area contributed by atoms with Crippen LogP contribution >= 0.6 is 0 Å². The summed E-state index contributed by atoms with van der Waals surface area (Å²) in [4.78, 5) is 12.3. The van der Waals surface area contributed by atoms with Crippen molar-refractivity contribution in [2.75, 3.05) is 19.7 Å². The standard InChI is InChI=1S/C10H17NO2.C2H6/c12-8-11-5-1-2-10(6-11)13-7-9-3-4-9;1-2/h8-10H,1-7H2;1-2H3. The number of nitrogens with zero attached hydrogens (tertiary/aromatic N) is 1. The van der Waals surface area contributed by atoms with Gasteiger partial charge in [-0.05, 0) is 31.6 Å². The van der Waals surface area contributed by atoms with E-state index < -0.39 is 0 Å². The summed E-state index contributed by atoms with van der Waals surface area (Å²) >= 11 is 0. The average molecular weight is 213 g/mol. The van der Waals surface area contributed by atoms with Crippen molar-refractivity contribution in [3.05, 3.63) is 0 Å². The predicted octanol–water partition coefficient (Wildman–Crippen LogP) is 2.06. The number of ether oxygens (including phenoxy) is 1. The van der Waals surface area contributed by atoms with Gasteiger partial charge in [0.2, 0.25) is 6.41 Å². The smallest absolute Gasteiger partial charge is 0.209 e. The minimum Gasteiger partial charge on any atom is -0.376 e. The fourth-order valence-electron chi connectivity index (χ4n) is 1.75. The quantitative estimate of drug-likeness (QED) is 0.669. The molecule has 0 bridgehead atoms. The summed E-state index contributed by atoms with van der Waals surface area (Å²) in [6, 6.07) is 0. The summed E-state index contributed by atoms with van der Waals surface area (Å²) in [5, 5.41) is 0. The van der Waals surface area contributed by atoms with Crippen LogP contribution in [-0.2, 0) is 9.53 Å². The first-order valence-electron chi connectivity index (χ1n) is 6.19. The molecule has 0 spiro atoms. The molecule has 0 aromatic heterocycles. The SMILES string of the molecule is CC.O=CN1CCCC(OCC2CC2)C1. The van der Waals surface area contributed by atoms with E-state index in [9.17, 15) is 4.79 Å². The van der Waals surface area contributed by atoms with Crippen molar-refractivity contribution in [3.63, 3.8) is 0 Å². The van der Waals surface area contributed by atoms with Crippen molar-refractivity contribution in [2.45, 2.75) is 45.6 Å². The van der Waals surface area contributed by atoms with Crippen LogP contribution in [0.5, 0.6) is 0 Å². The van der Waals surface area contributed by atoms with Crippen molar-refractivity contribution in [2.24, 2.45) is 5.92 Å². The van der Waals surface area contributed by atoms with Gasteiger partial charge in [-0.15, -0.1) is 0 Å². The van der Waals surface area contributed by atoms with Gasteiger partial charge in [0.1, 0.15) is 0 Å². The molecule has 1 saturated heterocycles. The molecule has 1 aliphatic heterocycles. The number of amides is 1. The largest absolute Gasteiger partial charge is 0.376 e. The van der Waals surface area contributed by atoms with Gasteiger partial charge in [-0.3, -0.25) is 4.79 Å². The summed E-state index contributed by atoms with van der Waals surface area (Å²) in [5.74, 6) is 0.826. The fraction of sp³-hybridized carbons (Fsp3) is 0.917. The number of carbonyl (C=O) groups excluding carboxylic acids is 1. The van der Waals surface area contributed by atoms with Gasteiger partial charge in [0.25, 0.3) is 0 Å². The molecule has 1 aliphatic carbocycles. The molecule has 0 radical (unpaired) electrons. The monoisotopic (exact) mass is 213 g/mol. The fourth-order valence-corrected chi connectivity index (χ4v) is 1.75. The first-order valence-corrected chi connectivity index (χ1v) is 6.19.